The Morgan fingerprint density at radius 2 is 2.35 bits per heavy atom. The number of rotatable bonds is 3. The van der Waals surface area contributed by atoms with Gasteiger partial charge >= 0.3 is 0 Å². The number of nitrogens with zero attached hydrogens (tertiary/aromatic N) is 2. The van der Waals surface area contributed by atoms with Gasteiger partial charge in [-0.1, -0.05) is 6.07 Å². The number of hydrogen-bond acceptors (Lipinski definition) is 5. The highest BCUT2D eigenvalue weighted by Gasteiger charge is 2.14. The molecule has 3 N–H and O–H groups in total. The lowest BCUT2D eigenvalue weighted by atomic mass is 10.2. The van der Waals surface area contributed by atoms with Crippen LogP contribution < -0.4 is 11.1 Å². The lowest BCUT2D eigenvalue weighted by Crippen LogP contribution is -2.27. The number of carbonyl (C=O) groups excluding carboxylic acids is 1. The summed E-state index contributed by atoms with van der Waals surface area (Å²) in [5.41, 5.74) is 6.63. The fourth-order valence-corrected chi connectivity index (χ4v) is 1.91. The number of pyridine rings is 1. The van der Waals surface area contributed by atoms with E-state index in [4.69, 9.17) is 5.73 Å². The molecule has 0 aliphatic heterocycles. The first-order valence-corrected chi connectivity index (χ1v) is 5.97. The third-order valence-corrected chi connectivity index (χ3v) is 2.91. The highest BCUT2D eigenvalue weighted by molar-refractivity contribution is 7.13. The molecule has 0 radical (unpaired) electrons. The van der Waals surface area contributed by atoms with E-state index in [2.05, 4.69) is 15.3 Å². The highest BCUT2D eigenvalue weighted by Crippen LogP contribution is 2.13. The Bertz CT molecular complexity index is 511. The molecule has 0 aromatic carbocycles. The van der Waals surface area contributed by atoms with Crippen molar-refractivity contribution in [2.24, 2.45) is 0 Å². The summed E-state index contributed by atoms with van der Waals surface area (Å²) in [7, 11) is 0. The maximum absolute atomic E-state index is 11.8. The molecule has 2 rings (SSSR count). The molecule has 1 unspecified atom stereocenters. The van der Waals surface area contributed by atoms with Crippen LogP contribution in [-0.2, 0) is 0 Å². The number of nitrogens with two attached hydrogens (primary N) is 1. The summed E-state index contributed by atoms with van der Waals surface area (Å²) in [5, 5.41) is 4.84. The summed E-state index contributed by atoms with van der Waals surface area (Å²) < 4.78 is 0. The van der Waals surface area contributed by atoms with Crippen molar-refractivity contribution in [3.05, 3.63) is 41.2 Å². The Kier molecular flexibility index (Phi) is 3.34. The van der Waals surface area contributed by atoms with E-state index in [1.165, 1.54) is 11.3 Å². The number of anilines is 1. The SMILES string of the molecule is CC(NC(=O)c1csc(N)n1)c1ccccn1. The number of aromatic nitrogens is 2. The van der Waals surface area contributed by atoms with Crippen LogP contribution in [0.2, 0.25) is 0 Å². The molecule has 88 valence electrons. The second-order valence-corrected chi connectivity index (χ2v) is 4.41. The van der Waals surface area contributed by atoms with E-state index < -0.39 is 0 Å². The zero-order chi connectivity index (χ0) is 12.3. The summed E-state index contributed by atoms with van der Waals surface area (Å²) in [6.45, 7) is 1.87. The molecule has 5 nitrogen and oxygen atoms in total. The minimum atomic E-state index is -0.240. The zero-order valence-corrected chi connectivity index (χ0v) is 10.1. The number of nitrogens with one attached hydrogen (secondary N) is 1. The van der Waals surface area contributed by atoms with E-state index in [9.17, 15) is 4.79 Å². The van der Waals surface area contributed by atoms with Crippen molar-refractivity contribution < 1.29 is 4.79 Å². The number of hydrogen-bond donors (Lipinski definition) is 2. The summed E-state index contributed by atoms with van der Waals surface area (Å²) in [6.07, 6.45) is 1.69. The Balaban J connectivity index is 2.04. The molecule has 0 saturated carbocycles. The molecule has 17 heavy (non-hydrogen) atoms. The topological polar surface area (TPSA) is 80.9 Å². The second-order valence-electron chi connectivity index (χ2n) is 3.52. The van der Waals surface area contributed by atoms with Crippen LogP contribution in [0.15, 0.2) is 29.8 Å². The monoisotopic (exact) mass is 248 g/mol. The third kappa shape index (κ3) is 2.79. The van der Waals surface area contributed by atoms with Crippen molar-refractivity contribution in [3.63, 3.8) is 0 Å². The molecule has 0 aliphatic carbocycles. The maximum atomic E-state index is 11.8. The van der Waals surface area contributed by atoms with Gasteiger partial charge in [0.2, 0.25) is 0 Å². The van der Waals surface area contributed by atoms with Crippen LogP contribution in [0.1, 0.15) is 29.1 Å². The molecule has 0 aliphatic rings. The zero-order valence-electron chi connectivity index (χ0n) is 9.25. The number of amides is 1. The Hall–Kier alpha value is -1.95. The Labute approximate surface area is 103 Å². The van der Waals surface area contributed by atoms with Gasteiger partial charge < -0.3 is 11.1 Å². The minimum absolute atomic E-state index is 0.161. The van der Waals surface area contributed by atoms with Gasteiger partial charge in [0.15, 0.2) is 5.13 Å². The van der Waals surface area contributed by atoms with Crippen molar-refractivity contribution in [2.75, 3.05) is 5.73 Å². The molecule has 2 aromatic heterocycles. The normalized spacial score (nSPS) is 12.1. The van der Waals surface area contributed by atoms with Crippen LogP contribution in [0, 0.1) is 0 Å². The first-order chi connectivity index (χ1) is 8.16. The molecule has 2 heterocycles. The van der Waals surface area contributed by atoms with Crippen molar-refractivity contribution in [3.8, 4) is 0 Å². The predicted octanol–water partition coefficient (Wildman–Crippen LogP) is 1.61. The second kappa shape index (κ2) is 4.92. The molecule has 0 bridgehead atoms. The minimum Gasteiger partial charge on any atom is -0.375 e. The van der Waals surface area contributed by atoms with Gasteiger partial charge in [0.05, 0.1) is 11.7 Å². The van der Waals surface area contributed by atoms with Gasteiger partial charge in [-0.25, -0.2) is 4.98 Å². The first-order valence-electron chi connectivity index (χ1n) is 5.09. The van der Waals surface area contributed by atoms with Gasteiger partial charge in [-0.15, -0.1) is 11.3 Å². The van der Waals surface area contributed by atoms with Crippen LogP contribution in [0.5, 0.6) is 0 Å². The lowest BCUT2D eigenvalue weighted by molar-refractivity contribution is 0.0935. The predicted molar refractivity (Wildman–Crippen MR) is 66.6 cm³/mol. The van der Waals surface area contributed by atoms with Crippen LogP contribution in [0.25, 0.3) is 0 Å². The number of nitrogen functional groups attached to an aromatic ring is 1. The van der Waals surface area contributed by atoms with Crippen LogP contribution in [-0.4, -0.2) is 15.9 Å². The summed E-state index contributed by atoms with van der Waals surface area (Å²) >= 11 is 1.25. The van der Waals surface area contributed by atoms with Crippen LogP contribution in [0.4, 0.5) is 5.13 Å². The quantitative estimate of drug-likeness (QED) is 0.864. The third-order valence-electron chi connectivity index (χ3n) is 2.23. The lowest BCUT2D eigenvalue weighted by Gasteiger charge is -2.11. The Morgan fingerprint density at radius 1 is 1.53 bits per heavy atom. The molecular formula is C11H12N4OS. The van der Waals surface area contributed by atoms with Crippen molar-refractivity contribution in [1.29, 1.82) is 0 Å². The molecule has 6 heteroatoms. The van der Waals surface area contributed by atoms with E-state index in [0.29, 0.717) is 10.8 Å². The fraction of sp³-hybridized carbons (Fsp3) is 0.182. The first kappa shape index (κ1) is 11.5. The van der Waals surface area contributed by atoms with Crippen molar-refractivity contribution in [2.45, 2.75) is 13.0 Å². The van der Waals surface area contributed by atoms with Gasteiger partial charge in [-0.3, -0.25) is 9.78 Å². The Morgan fingerprint density at radius 3 is 2.94 bits per heavy atom. The van der Waals surface area contributed by atoms with Crippen LogP contribution in [0.3, 0.4) is 0 Å². The van der Waals surface area contributed by atoms with Gasteiger partial charge in [-0.2, -0.15) is 0 Å². The highest BCUT2D eigenvalue weighted by atomic mass is 32.1. The van der Waals surface area contributed by atoms with Gasteiger partial charge in [0.25, 0.3) is 5.91 Å². The van der Waals surface area contributed by atoms with Crippen LogP contribution >= 0.6 is 11.3 Å². The largest absolute Gasteiger partial charge is 0.375 e. The average molecular weight is 248 g/mol. The molecular weight excluding hydrogens is 236 g/mol. The van der Waals surface area contributed by atoms with Gasteiger partial charge in [0.1, 0.15) is 5.69 Å². The van der Waals surface area contributed by atoms with Gasteiger partial charge in [-0.05, 0) is 19.1 Å². The molecule has 0 fully saturated rings. The maximum Gasteiger partial charge on any atom is 0.271 e. The van der Waals surface area contributed by atoms with E-state index in [1.54, 1.807) is 11.6 Å². The van der Waals surface area contributed by atoms with E-state index in [-0.39, 0.29) is 11.9 Å². The molecule has 1 amide bonds. The summed E-state index contributed by atoms with van der Waals surface area (Å²) in [4.78, 5) is 19.9. The van der Waals surface area contributed by atoms with Crippen molar-refractivity contribution in [1.82, 2.24) is 15.3 Å². The summed E-state index contributed by atoms with van der Waals surface area (Å²) in [5.74, 6) is -0.240. The van der Waals surface area contributed by atoms with E-state index in [1.807, 2.05) is 25.1 Å². The fourth-order valence-electron chi connectivity index (χ4n) is 1.37. The standard InChI is InChI=1S/C11H12N4OS/c1-7(8-4-2-3-5-13-8)14-10(16)9-6-17-11(12)15-9/h2-7H,1H3,(H2,12,15)(H,14,16). The molecule has 0 spiro atoms. The number of carbonyl (C=O) groups is 1. The van der Waals surface area contributed by atoms with Gasteiger partial charge in [0, 0.05) is 11.6 Å². The number of thiazole rings is 1. The molecule has 1 atom stereocenters. The van der Waals surface area contributed by atoms with Crippen molar-refractivity contribution >= 4 is 22.4 Å². The van der Waals surface area contributed by atoms with E-state index >= 15 is 0 Å². The summed E-state index contributed by atoms with van der Waals surface area (Å²) in [6, 6.07) is 5.41. The van der Waals surface area contributed by atoms with E-state index in [0.717, 1.165) is 5.69 Å². The smallest absolute Gasteiger partial charge is 0.271 e. The molecule has 0 saturated heterocycles. The molecule has 2 aromatic rings. The average Bonchev–Trinajstić information content (AvgIpc) is 2.77.